The highest BCUT2D eigenvalue weighted by atomic mass is 19.1. The van der Waals surface area contributed by atoms with Crippen LogP contribution in [0.5, 0.6) is 0 Å². The third kappa shape index (κ3) is 5.41. The summed E-state index contributed by atoms with van der Waals surface area (Å²) in [6, 6.07) is 15.2. The molecule has 2 unspecified atom stereocenters. The lowest BCUT2D eigenvalue weighted by Gasteiger charge is -2.29. The van der Waals surface area contributed by atoms with Crippen LogP contribution in [0.2, 0.25) is 0 Å². The Labute approximate surface area is 157 Å². The number of unbranched alkanes of at least 4 members (excludes halogenated alkanes) is 4. The molecule has 3 rings (SSSR count). The summed E-state index contributed by atoms with van der Waals surface area (Å²) in [6.45, 7) is 3.17. The maximum atomic E-state index is 13.1. The number of benzene rings is 2. The van der Waals surface area contributed by atoms with Crippen LogP contribution in [0.1, 0.15) is 70.0 Å². The largest absolute Gasteiger partial charge is 0.373 e. The van der Waals surface area contributed by atoms with Crippen LogP contribution >= 0.6 is 0 Å². The van der Waals surface area contributed by atoms with Crippen molar-refractivity contribution in [1.29, 1.82) is 0 Å². The molecule has 0 N–H and O–H groups in total. The van der Waals surface area contributed by atoms with E-state index in [0.29, 0.717) is 0 Å². The van der Waals surface area contributed by atoms with E-state index in [2.05, 4.69) is 31.2 Å². The fourth-order valence-electron chi connectivity index (χ4n) is 3.87. The lowest BCUT2D eigenvalue weighted by atomic mass is 9.90. The highest BCUT2D eigenvalue weighted by Gasteiger charge is 2.22. The van der Waals surface area contributed by atoms with Crippen molar-refractivity contribution >= 4 is 0 Å². The minimum absolute atomic E-state index is 0.194. The SMILES string of the molecule is CCCCCCCC1CCC(c2ccc(-c3ccc(F)cc3)cc2)OC1. The Morgan fingerprint density at radius 3 is 2.12 bits per heavy atom. The number of ether oxygens (including phenoxy) is 1. The normalized spacial score (nSPS) is 20.2. The summed E-state index contributed by atoms with van der Waals surface area (Å²) in [4.78, 5) is 0. The first-order valence-corrected chi connectivity index (χ1v) is 10.2. The van der Waals surface area contributed by atoms with Crippen LogP contribution in [0.4, 0.5) is 4.39 Å². The van der Waals surface area contributed by atoms with E-state index in [1.807, 2.05) is 12.1 Å². The molecule has 1 saturated heterocycles. The molecule has 0 bridgehead atoms. The molecular weight excluding hydrogens is 323 g/mol. The Morgan fingerprint density at radius 2 is 1.50 bits per heavy atom. The van der Waals surface area contributed by atoms with Gasteiger partial charge >= 0.3 is 0 Å². The summed E-state index contributed by atoms with van der Waals surface area (Å²) < 4.78 is 19.2. The first kappa shape index (κ1) is 19.1. The third-order valence-electron chi connectivity index (χ3n) is 5.55. The Hall–Kier alpha value is -1.67. The Balaban J connectivity index is 1.46. The van der Waals surface area contributed by atoms with E-state index in [1.54, 1.807) is 0 Å². The smallest absolute Gasteiger partial charge is 0.123 e. The lowest BCUT2D eigenvalue weighted by molar-refractivity contribution is -0.0198. The second-order valence-corrected chi connectivity index (χ2v) is 7.60. The minimum Gasteiger partial charge on any atom is -0.373 e. The van der Waals surface area contributed by atoms with Gasteiger partial charge in [-0.3, -0.25) is 0 Å². The van der Waals surface area contributed by atoms with Gasteiger partial charge in [0.15, 0.2) is 0 Å². The standard InChI is InChI=1S/C24H31FO/c1-2-3-4-5-6-7-19-8-17-24(26-18-19)22-11-9-20(10-12-22)21-13-15-23(25)16-14-21/h9-16,19,24H,2-8,17-18H2,1H3. The summed E-state index contributed by atoms with van der Waals surface area (Å²) in [5.41, 5.74) is 3.43. The van der Waals surface area contributed by atoms with Crippen molar-refractivity contribution in [3.05, 3.63) is 59.9 Å². The van der Waals surface area contributed by atoms with Crippen LogP contribution in [-0.2, 0) is 4.74 Å². The van der Waals surface area contributed by atoms with Gasteiger partial charge in [-0.05, 0) is 54.0 Å². The summed E-state index contributed by atoms with van der Waals surface area (Å²) in [5.74, 6) is 0.548. The second kappa shape index (κ2) is 9.87. The molecule has 1 aliphatic rings. The molecule has 0 spiro atoms. The van der Waals surface area contributed by atoms with E-state index in [-0.39, 0.29) is 11.9 Å². The molecule has 1 fully saturated rings. The molecule has 1 heterocycles. The van der Waals surface area contributed by atoms with E-state index >= 15 is 0 Å². The van der Waals surface area contributed by atoms with Crippen molar-refractivity contribution in [2.45, 2.75) is 64.4 Å². The molecule has 1 nitrogen and oxygen atoms in total. The molecule has 1 aliphatic heterocycles. The summed E-state index contributed by atoms with van der Waals surface area (Å²) in [7, 11) is 0. The number of halogens is 1. The fourth-order valence-corrected chi connectivity index (χ4v) is 3.87. The van der Waals surface area contributed by atoms with Gasteiger partial charge in [0.05, 0.1) is 12.7 Å². The van der Waals surface area contributed by atoms with Gasteiger partial charge in [-0.15, -0.1) is 0 Å². The molecule has 0 saturated carbocycles. The van der Waals surface area contributed by atoms with Crippen LogP contribution in [0, 0.1) is 11.7 Å². The summed E-state index contributed by atoms with van der Waals surface area (Å²) in [5, 5.41) is 0. The van der Waals surface area contributed by atoms with Crippen molar-refractivity contribution in [3.63, 3.8) is 0 Å². The first-order valence-electron chi connectivity index (χ1n) is 10.2. The van der Waals surface area contributed by atoms with Crippen LogP contribution in [0.25, 0.3) is 11.1 Å². The maximum Gasteiger partial charge on any atom is 0.123 e. The molecule has 0 radical (unpaired) electrons. The van der Waals surface area contributed by atoms with Gasteiger partial charge in [-0.1, -0.05) is 75.4 Å². The number of rotatable bonds is 8. The number of hydrogen-bond donors (Lipinski definition) is 0. The van der Waals surface area contributed by atoms with E-state index in [4.69, 9.17) is 4.74 Å². The van der Waals surface area contributed by atoms with E-state index in [9.17, 15) is 4.39 Å². The molecule has 2 heteroatoms. The quantitative estimate of drug-likeness (QED) is 0.451. The molecule has 140 valence electrons. The predicted molar refractivity (Wildman–Crippen MR) is 107 cm³/mol. The summed E-state index contributed by atoms with van der Waals surface area (Å²) >= 11 is 0. The van der Waals surface area contributed by atoms with E-state index in [0.717, 1.165) is 30.1 Å². The lowest BCUT2D eigenvalue weighted by Crippen LogP contribution is -2.20. The zero-order chi connectivity index (χ0) is 18.2. The molecule has 0 aromatic heterocycles. The summed E-state index contributed by atoms with van der Waals surface area (Å²) in [6.07, 6.45) is 10.7. The monoisotopic (exact) mass is 354 g/mol. The average Bonchev–Trinajstić information content (AvgIpc) is 2.69. The zero-order valence-electron chi connectivity index (χ0n) is 15.9. The second-order valence-electron chi connectivity index (χ2n) is 7.60. The van der Waals surface area contributed by atoms with Crippen molar-refractivity contribution in [3.8, 4) is 11.1 Å². The van der Waals surface area contributed by atoms with Crippen LogP contribution in [0.15, 0.2) is 48.5 Å². The highest BCUT2D eigenvalue weighted by Crippen LogP contribution is 2.33. The van der Waals surface area contributed by atoms with Gasteiger partial charge in [0.2, 0.25) is 0 Å². The van der Waals surface area contributed by atoms with Crippen LogP contribution in [-0.4, -0.2) is 6.61 Å². The van der Waals surface area contributed by atoms with Crippen molar-refractivity contribution in [2.24, 2.45) is 5.92 Å². The minimum atomic E-state index is -0.194. The van der Waals surface area contributed by atoms with Gasteiger partial charge in [0.1, 0.15) is 5.82 Å². The predicted octanol–water partition coefficient (Wildman–Crippen LogP) is 7.32. The molecular formula is C24H31FO. The molecule has 2 aromatic carbocycles. The number of hydrogen-bond acceptors (Lipinski definition) is 1. The topological polar surface area (TPSA) is 9.23 Å². The van der Waals surface area contributed by atoms with Gasteiger partial charge in [-0.25, -0.2) is 4.39 Å². The van der Waals surface area contributed by atoms with Crippen molar-refractivity contribution in [2.75, 3.05) is 6.61 Å². The molecule has 0 amide bonds. The molecule has 2 aromatic rings. The Morgan fingerprint density at radius 1 is 0.846 bits per heavy atom. The van der Waals surface area contributed by atoms with Gasteiger partial charge < -0.3 is 4.74 Å². The Kier molecular flexibility index (Phi) is 7.25. The highest BCUT2D eigenvalue weighted by molar-refractivity contribution is 5.63. The van der Waals surface area contributed by atoms with Crippen molar-refractivity contribution in [1.82, 2.24) is 0 Å². The molecule has 26 heavy (non-hydrogen) atoms. The fraction of sp³-hybridized carbons (Fsp3) is 0.500. The van der Waals surface area contributed by atoms with Gasteiger partial charge in [-0.2, -0.15) is 0 Å². The molecule has 0 aliphatic carbocycles. The van der Waals surface area contributed by atoms with Gasteiger partial charge in [0.25, 0.3) is 0 Å². The van der Waals surface area contributed by atoms with Gasteiger partial charge in [0, 0.05) is 0 Å². The Bertz CT molecular complexity index is 639. The van der Waals surface area contributed by atoms with E-state index in [1.165, 1.54) is 62.6 Å². The van der Waals surface area contributed by atoms with Crippen LogP contribution < -0.4 is 0 Å². The third-order valence-corrected chi connectivity index (χ3v) is 5.55. The average molecular weight is 355 g/mol. The van der Waals surface area contributed by atoms with E-state index < -0.39 is 0 Å². The zero-order valence-corrected chi connectivity index (χ0v) is 15.9. The van der Waals surface area contributed by atoms with Crippen molar-refractivity contribution < 1.29 is 9.13 Å². The molecule has 2 atom stereocenters. The van der Waals surface area contributed by atoms with Crippen LogP contribution in [0.3, 0.4) is 0 Å². The maximum absolute atomic E-state index is 13.1. The first-order chi connectivity index (χ1) is 12.8.